The number of fused-ring (bicyclic) bond motifs is 1. The Balaban J connectivity index is 1.56. The van der Waals surface area contributed by atoms with Crippen molar-refractivity contribution in [1.29, 1.82) is 0 Å². The van der Waals surface area contributed by atoms with Crippen LogP contribution in [0, 0.1) is 0 Å². The fraction of sp³-hybridized carbons (Fsp3) is 0.353. The van der Waals surface area contributed by atoms with Crippen molar-refractivity contribution in [3.63, 3.8) is 0 Å². The van der Waals surface area contributed by atoms with E-state index in [1.165, 1.54) is 0 Å². The third-order valence-corrected chi connectivity index (χ3v) is 7.73. The van der Waals surface area contributed by atoms with Crippen LogP contribution in [0.1, 0.15) is 43.5 Å². The Kier molecular flexibility index (Phi) is 9.51. The summed E-state index contributed by atoms with van der Waals surface area (Å²) in [7, 11) is 0. The summed E-state index contributed by atoms with van der Waals surface area (Å²) < 4.78 is 23.4. The van der Waals surface area contributed by atoms with Crippen LogP contribution in [0.4, 0.5) is 0 Å². The smallest absolute Gasteiger partial charge is 0.295 e. The van der Waals surface area contributed by atoms with E-state index in [0.717, 1.165) is 18.7 Å². The van der Waals surface area contributed by atoms with Gasteiger partial charge in [-0.2, -0.15) is 0 Å². The molecule has 2 aliphatic rings. The number of likely N-dealkylation sites (N-methyl/N-ethyl adjacent to an activating group) is 1. The molecule has 2 aliphatic heterocycles. The van der Waals surface area contributed by atoms with Crippen LogP contribution in [0.2, 0.25) is 0 Å². The number of Topliss-reactive ketones (excluding diaryl/α,β-unsaturated/α-hetero) is 1. The van der Waals surface area contributed by atoms with E-state index in [4.69, 9.17) is 18.9 Å². The van der Waals surface area contributed by atoms with Gasteiger partial charge in [0.2, 0.25) is 0 Å². The number of amides is 1. The first-order chi connectivity index (χ1) is 20.9. The quantitative estimate of drug-likeness (QED) is 0.176. The molecule has 1 N–H and O–H groups in total. The zero-order valence-corrected chi connectivity index (χ0v) is 24.9. The van der Waals surface area contributed by atoms with E-state index in [2.05, 4.69) is 18.7 Å². The molecule has 0 aliphatic carbocycles. The Labute approximate surface area is 252 Å². The molecule has 3 aromatic rings. The summed E-state index contributed by atoms with van der Waals surface area (Å²) in [5.41, 5.74) is 2.02. The van der Waals surface area contributed by atoms with E-state index in [0.29, 0.717) is 73.6 Å². The van der Waals surface area contributed by atoms with Crippen molar-refractivity contribution in [2.45, 2.75) is 33.4 Å². The summed E-state index contributed by atoms with van der Waals surface area (Å²) >= 11 is 0. The van der Waals surface area contributed by atoms with Gasteiger partial charge in [0.05, 0.1) is 18.2 Å². The summed E-state index contributed by atoms with van der Waals surface area (Å²) in [5.74, 6) is 0.407. The van der Waals surface area contributed by atoms with Crippen molar-refractivity contribution in [3.8, 4) is 23.0 Å². The molecule has 0 bridgehead atoms. The molecule has 1 amide bonds. The summed E-state index contributed by atoms with van der Waals surface area (Å²) in [6.07, 6.45) is 0. The van der Waals surface area contributed by atoms with E-state index in [9.17, 15) is 14.7 Å². The maximum absolute atomic E-state index is 13.6. The Hall–Kier alpha value is -4.50. The number of aliphatic hydroxyl groups is 1. The first kappa shape index (κ1) is 30.0. The maximum atomic E-state index is 13.6. The Morgan fingerprint density at radius 2 is 1.65 bits per heavy atom. The third kappa shape index (κ3) is 6.46. The van der Waals surface area contributed by atoms with Gasteiger partial charge in [-0.15, -0.1) is 0 Å². The summed E-state index contributed by atoms with van der Waals surface area (Å²) in [6, 6.07) is 19.4. The molecule has 9 nitrogen and oxygen atoms in total. The SMILES string of the molecule is CCOc1cc(C2/C(=C(/O)c3ccc4c(c3)OCCO4)C(=O)C(=O)N2CCN(CC)CC)ccc1OCc1ccccc1. The summed E-state index contributed by atoms with van der Waals surface area (Å²) in [5, 5.41) is 11.6. The lowest BCUT2D eigenvalue weighted by Crippen LogP contribution is -2.38. The van der Waals surface area contributed by atoms with E-state index >= 15 is 0 Å². The van der Waals surface area contributed by atoms with E-state index in [-0.39, 0.29) is 11.3 Å². The van der Waals surface area contributed by atoms with Gasteiger partial charge in [0, 0.05) is 18.7 Å². The number of ether oxygens (including phenoxy) is 4. The molecule has 1 atom stereocenters. The molecule has 2 heterocycles. The second-order valence-corrected chi connectivity index (χ2v) is 10.3. The predicted molar refractivity (Wildman–Crippen MR) is 163 cm³/mol. The van der Waals surface area contributed by atoms with Crippen molar-refractivity contribution in [3.05, 3.63) is 89.0 Å². The lowest BCUT2D eigenvalue weighted by molar-refractivity contribution is -0.140. The molecule has 1 unspecified atom stereocenters. The largest absolute Gasteiger partial charge is 0.507 e. The minimum absolute atomic E-state index is 0.0154. The molecule has 9 heteroatoms. The van der Waals surface area contributed by atoms with E-state index < -0.39 is 17.7 Å². The minimum Gasteiger partial charge on any atom is -0.507 e. The molecule has 43 heavy (non-hydrogen) atoms. The molecule has 1 fully saturated rings. The Bertz CT molecular complexity index is 1480. The van der Waals surface area contributed by atoms with Gasteiger partial charge >= 0.3 is 0 Å². The van der Waals surface area contributed by atoms with Crippen LogP contribution in [0.15, 0.2) is 72.3 Å². The second kappa shape index (κ2) is 13.6. The lowest BCUT2D eigenvalue weighted by Gasteiger charge is -2.28. The highest BCUT2D eigenvalue weighted by molar-refractivity contribution is 6.46. The zero-order chi connectivity index (χ0) is 30.3. The molecule has 0 saturated carbocycles. The van der Waals surface area contributed by atoms with Gasteiger partial charge < -0.3 is 33.9 Å². The summed E-state index contributed by atoms with van der Waals surface area (Å²) in [4.78, 5) is 30.8. The molecular weight excluding hydrogens is 548 g/mol. The number of benzene rings is 3. The monoisotopic (exact) mass is 586 g/mol. The molecule has 1 saturated heterocycles. The maximum Gasteiger partial charge on any atom is 0.295 e. The Morgan fingerprint density at radius 3 is 2.37 bits per heavy atom. The number of rotatable bonds is 12. The zero-order valence-electron chi connectivity index (χ0n) is 24.9. The first-order valence-corrected chi connectivity index (χ1v) is 14.8. The van der Waals surface area contributed by atoms with Crippen LogP contribution in [0.25, 0.3) is 5.76 Å². The minimum atomic E-state index is -0.828. The van der Waals surface area contributed by atoms with E-state index in [1.807, 2.05) is 43.3 Å². The number of ketones is 1. The van der Waals surface area contributed by atoms with Crippen LogP contribution in [0.5, 0.6) is 23.0 Å². The van der Waals surface area contributed by atoms with E-state index in [1.54, 1.807) is 35.2 Å². The molecular formula is C34H38N2O7. The van der Waals surface area contributed by atoms with Gasteiger partial charge in [-0.1, -0.05) is 50.2 Å². The predicted octanol–water partition coefficient (Wildman–Crippen LogP) is 5.20. The number of aliphatic hydroxyl groups excluding tert-OH is 1. The Morgan fingerprint density at radius 1 is 0.907 bits per heavy atom. The highest BCUT2D eigenvalue weighted by atomic mass is 16.6. The van der Waals surface area contributed by atoms with Crippen LogP contribution in [0.3, 0.4) is 0 Å². The third-order valence-electron chi connectivity index (χ3n) is 7.73. The van der Waals surface area contributed by atoms with Gasteiger partial charge in [0.1, 0.15) is 25.6 Å². The first-order valence-electron chi connectivity index (χ1n) is 14.8. The van der Waals surface area contributed by atoms with Crippen LogP contribution < -0.4 is 18.9 Å². The molecule has 0 radical (unpaired) electrons. The molecule has 5 rings (SSSR count). The van der Waals surface area contributed by atoms with Gasteiger partial charge in [-0.3, -0.25) is 9.59 Å². The molecule has 0 aromatic heterocycles. The number of hydrogen-bond donors (Lipinski definition) is 1. The topological polar surface area (TPSA) is 97.8 Å². The average Bonchev–Trinajstić information content (AvgIpc) is 3.29. The van der Waals surface area contributed by atoms with Crippen LogP contribution in [-0.4, -0.2) is 72.6 Å². The highest BCUT2D eigenvalue weighted by Gasteiger charge is 2.46. The second-order valence-electron chi connectivity index (χ2n) is 10.3. The van der Waals surface area contributed by atoms with Crippen molar-refractivity contribution in [2.24, 2.45) is 0 Å². The standard InChI is InChI=1S/C34H38N2O7/c1-4-35(5-2)16-17-36-31(24-12-14-27(28(20-24)40-6-3)43-22-23-10-8-7-9-11-23)30(33(38)34(36)39)32(37)25-13-15-26-29(21-25)42-19-18-41-26/h7-15,20-21,31,37H,4-6,16-19,22H2,1-3H3/b32-30-. The fourth-order valence-corrected chi connectivity index (χ4v) is 5.41. The van der Waals surface area contributed by atoms with Crippen LogP contribution in [-0.2, 0) is 16.2 Å². The number of hydrogen-bond acceptors (Lipinski definition) is 8. The average molecular weight is 587 g/mol. The van der Waals surface area contributed by atoms with Gasteiger partial charge in [-0.05, 0) is 61.5 Å². The van der Waals surface area contributed by atoms with Gasteiger partial charge in [0.15, 0.2) is 23.0 Å². The number of nitrogens with zero attached hydrogens (tertiary/aromatic N) is 2. The van der Waals surface area contributed by atoms with Crippen molar-refractivity contribution < 1.29 is 33.6 Å². The number of carbonyl (C=O) groups is 2. The van der Waals surface area contributed by atoms with Gasteiger partial charge in [0.25, 0.3) is 11.7 Å². The molecule has 0 spiro atoms. The van der Waals surface area contributed by atoms with Crippen molar-refractivity contribution in [1.82, 2.24) is 9.80 Å². The highest BCUT2D eigenvalue weighted by Crippen LogP contribution is 2.43. The lowest BCUT2D eigenvalue weighted by atomic mass is 9.94. The van der Waals surface area contributed by atoms with Crippen molar-refractivity contribution in [2.75, 3.05) is 46.0 Å². The number of likely N-dealkylation sites (tertiary alicyclic amines) is 1. The van der Waals surface area contributed by atoms with Crippen molar-refractivity contribution >= 4 is 17.4 Å². The molecule has 226 valence electrons. The summed E-state index contributed by atoms with van der Waals surface area (Å²) in [6.45, 7) is 10.1. The fourth-order valence-electron chi connectivity index (χ4n) is 5.41. The van der Waals surface area contributed by atoms with Gasteiger partial charge in [-0.25, -0.2) is 0 Å². The van der Waals surface area contributed by atoms with Crippen LogP contribution >= 0.6 is 0 Å². The number of carbonyl (C=O) groups excluding carboxylic acids is 2. The normalized spacial score (nSPS) is 17.4. The molecule has 3 aromatic carbocycles.